The number of sulfonamides is 1. The van der Waals surface area contributed by atoms with Crippen molar-refractivity contribution in [1.82, 2.24) is 9.62 Å². The minimum atomic E-state index is -3.94. The highest BCUT2D eigenvalue weighted by Crippen LogP contribution is 2.09. The lowest BCUT2D eigenvalue weighted by molar-refractivity contribution is -0.150. The molecule has 1 amide bonds. The Balaban J connectivity index is 1.79. The van der Waals surface area contributed by atoms with Crippen molar-refractivity contribution in [2.75, 3.05) is 26.2 Å². The highest BCUT2D eigenvalue weighted by Gasteiger charge is 2.20. The van der Waals surface area contributed by atoms with E-state index in [1.54, 1.807) is 4.90 Å². The third kappa shape index (κ3) is 5.00. The maximum Gasteiger partial charge on any atom is 0.321 e. The molecule has 2 rings (SSSR count). The quantitative estimate of drug-likeness (QED) is 0.748. The lowest BCUT2D eigenvalue weighted by Gasteiger charge is -2.15. The molecule has 23 heavy (non-hydrogen) atoms. The first kappa shape index (κ1) is 17.4. The average molecular weight is 344 g/mol. The van der Waals surface area contributed by atoms with Crippen LogP contribution in [0, 0.1) is 5.82 Å². The number of ether oxygens (including phenoxy) is 1. The summed E-state index contributed by atoms with van der Waals surface area (Å²) in [5.74, 6) is -1.72. The molecule has 1 heterocycles. The van der Waals surface area contributed by atoms with Gasteiger partial charge in [-0.2, -0.15) is 4.72 Å². The van der Waals surface area contributed by atoms with Crippen LogP contribution >= 0.6 is 0 Å². The van der Waals surface area contributed by atoms with Crippen molar-refractivity contribution in [2.45, 2.75) is 17.7 Å². The highest BCUT2D eigenvalue weighted by molar-refractivity contribution is 7.89. The van der Waals surface area contributed by atoms with E-state index >= 15 is 0 Å². The van der Waals surface area contributed by atoms with E-state index in [4.69, 9.17) is 4.74 Å². The molecule has 7 nitrogen and oxygen atoms in total. The molecule has 0 atom stereocenters. The van der Waals surface area contributed by atoms with Gasteiger partial charge in [-0.1, -0.05) is 0 Å². The molecule has 1 aliphatic rings. The van der Waals surface area contributed by atoms with Gasteiger partial charge >= 0.3 is 5.97 Å². The summed E-state index contributed by atoms with van der Waals surface area (Å²) in [4.78, 5) is 24.6. The number of rotatable bonds is 6. The molecule has 1 N–H and O–H groups in total. The van der Waals surface area contributed by atoms with Gasteiger partial charge in [-0.25, -0.2) is 12.8 Å². The standard InChI is InChI=1S/C14H17FN2O5S/c15-11-3-5-12(6-4-11)23(20,21)16-9-14(19)22-10-13(18)17-7-1-2-8-17/h3-6,16H,1-2,7-10H2. The van der Waals surface area contributed by atoms with Crippen LogP contribution in [0.1, 0.15) is 12.8 Å². The SMILES string of the molecule is O=C(CNS(=O)(=O)c1ccc(F)cc1)OCC(=O)N1CCCC1. The maximum atomic E-state index is 12.8. The molecule has 0 saturated carbocycles. The molecule has 0 aromatic heterocycles. The topological polar surface area (TPSA) is 92.8 Å². The number of carbonyl (C=O) groups excluding carboxylic acids is 2. The van der Waals surface area contributed by atoms with E-state index in [-0.39, 0.29) is 10.8 Å². The second-order valence-corrected chi connectivity index (χ2v) is 6.79. The molecular formula is C14H17FN2O5S. The first-order valence-electron chi connectivity index (χ1n) is 7.07. The molecule has 0 aliphatic carbocycles. The molecule has 1 aromatic carbocycles. The molecule has 1 saturated heterocycles. The molecule has 1 aliphatic heterocycles. The Labute approximate surface area is 133 Å². The van der Waals surface area contributed by atoms with Gasteiger partial charge in [0.2, 0.25) is 10.0 Å². The molecule has 1 fully saturated rings. The number of esters is 1. The number of benzene rings is 1. The van der Waals surface area contributed by atoms with Crippen molar-refractivity contribution in [3.63, 3.8) is 0 Å². The van der Waals surface area contributed by atoms with Gasteiger partial charge in [0.25, 0.3) is 5.91 Å². The molecule has 0 bridgehead atoms. The summed E-state index contributed by atoms with van der Waals surface area (Å²) < 4.78 is 43.3. The molecule has 0 unspecified atom stereocenters. The van der Waals surface area contributed by atoms with Gasteiger partial charge in [0, 0.05) is 13.1 Å². The van der Waals surface area contributed by atoms with Crippen molar-refractivity contribution in [2.24, 2.45) is 0 Å². The predicted molar refractivity (Wildman–Crippen MR) is 78.4 cm³/mol. The second-order valence-electron chi connectivity index (χ2n) is 5.03. The number of likely N-dealkylation sites (tertiary alicyclic amines) is 1. The molecule has 9 heteroatoms. The fraction of sp³-hybridized carbons (Fsp3) is 0.429. The van der Waals surface area contributed by atoms with Crippen LogP contribution in [0.25, 0.3) is 0 Å². The average Bonchev–Trinajstić information content (AvgIpc) is 3.05. The van der Waals surface area contributed by atoms with Crippen LogP contribution in [0.5, 0.6) is 0 Å². The summed E-state index contributed by atoms with van der Waals surface area (Å²) in [6.07, 6.45) is 1.86. The Hall–Kier alpha value is -2.00. The third-order valence-electron chi connectivity index (χ3n) is 3.35. The fourth-order valence-corrected chi connectivity index (χ4v) is 3.07. The molecule has 1 aromatic rings. The number of nitrogens with zero attached hydrogens (tertiary/aromatic N) is 1. The summed E-state index contributed by atoms with van der Waals surface area (Å²) in [5, 5.41) is 0. The lowest BCUT2D eigenvalue weighted by Crippen LogP contribution is -2.35. The second kappa shape index (κ2) is 7.51. The Morgan fingerprint density at radius 2 is 1.78 bits per heavy atom. The van der Waals surface area contributed by atoms with Gasteiger partial charge in [-0.3, -0.25) is 9.59 Å². The third-order valence-corrected chi connectivity index (χ3v) is 4.76. The van der Waals surface area contributed by atoms with E-state index in [2.05, 4.69) is 0 Å². The van der Waals surface area contributed by atoms with Gasteiger partial charge in [0.05, 0.1) is 4.90 Å². The Bertz CT molecular complexity index is 669. The van der Waals surface area contributed by atoms with Crippen LogP contribution in [0.4, 0.5) is 4.39 Å². The van der Waals surface area contributed by atoms with Crippen LogP contribution in [0.2, 0.25) is 0 Å². The van der Waals surface area contributed by atoms with Gasteiger partial charge < -0.3 is 9.64 Å². The van der Waals surface area contributed by atoms with Crippen molar-refractivity contribution in [3.8, 4) is 0 Å². The minimum absolute atomic E-state index is 0.167. The summed E-state index contributed by atoms with van der Waals surface area (Å²) in [7, 11) is -3.94. The van der Waals surface area contributed by atoms with Crippen molar-refractivity contribution in [3.05, 3.63) is 30.1 Å². The van der Waals surface area contributed by atoms with Crippen LogP contribution in [0.15, 0.2) is 29.2 Å². The zero-order chi connectivity index (χ0) is 16.9. The molecule has 126 valence electrons. The Kier molecular flexibility index (Phi) is 5.67. The zero-order valence-corrected chi connectivity index (χ0v) is 13.1. The maximum absolute atomic E-state index is 12.8. The summed E-state index contributed by atoms with van der Waals surface area (Å²) in [5.41, 5.74) is 0. The number of carbonyl (C=O) groups is 2. The van der Waals surface area contributed by atoms with Crippen LogP contribution in [-0.2, 0) is 24.3 Å². The normalized spacial score (nSPS) is 14.7. The van der Waals surface area contributed by atoms with Gasteiger partial charge in [-0.05, 0) is 37.1 Å². The zero-order valence-electron chi connectivity index (χ0n) is 12.3. The van der Waals surface area contributed by atoms with Gasteiger partial charge in [0.15, 0.2) is 6.61 Å². The number of hydrogen-bond acceptors (Lipinski definition) is 5. The number of amides is 1. The summed E-state index contributed by atoms with van der Waals surface area (Å²) in [6, 6.07) is 4.17. The summed E-state index contributed by atoms with van der Waals surface area (Å²) >= 11 is 0. The number of nitrogens with one attached hydrogen (secondary N) is 1. The summed E-state index contributed by atoms with van der Waals surface area (Å²) in [6.45, 7) is 0.283. The predicted octanol–water partition coefficient (Wildman–Crippen LogP) is 0.270. The van der Waals surface area contributed by atoms with Crippen molar-refractivity contribution < 1.29 is 27.1 Å². The highest BCUT2D eigenvalue weighted by atomic mass is 32.2. The number of halogens is 1. The van der Waals surface area contributed by atoms with E-state index in [1.807, 2.05) is 4.72 Å². The monoisotopic (exact) mass is 344 g/mol. The molecule has 0 spiro atoms. The largest absolute Gasteiger partial charge is 0.455 e. The van der Waals surface area contributed by atoms with E-state index in [9.17, 15) is 22.4 Å². The van der Waals surface area contributed by atoms with Gasteiger partial charge in [0.1, 0.15) is 12.4 Å². The molecule has 0 radical (unpaired) electrons. The van der Waals surface area contributed by atoms with E-state index in [1.165, 1.54) is 0 Å². The first-order valence-corrected chi connectivity index (χ1v) is 8.55. The van der Waals surface area contributed by atoms with Crippen LogP contribution in [-0.4, -0.2) is 51.4 Å². The van der Waals surface area contributed by atoms with E-state index in [0.29, 0.717) is 13.1 Å². The first-order chi connectivity index (χ1) is 10.9. The Morgan fingerprint density at radius 3 is 2.39 bits per heavy atom. The lowest BCUT2D eigenvalue weighted by atomic mass is 10.4. The van der Waals surface area contributed by atoms with Crippen LogP contribution in [0.3, 0.4) is 0 Å². The van der Waals surface area contributed by atoms with E-state index in [0.717, 1.165) is 37.1 Å². The van der Waals surface area contributed by atoms with Crippen molar-refractivity contribution in [1.29, 1.82) is 0 Å². The van der Waals surface area contributed by atoms with E-state index < -0.39 is 35.0 Å². The number of hydrogen-bond donors (Lipinski definition) is 1. The van der Waals surface area contributed by atoms with Crippen LogP contribution < -0.4 is 4.72 Å². The Morgan fingerprint density at radius 1 is 1.17 bits per heavy atom. The molecular weight excluding hydrogens is 327 g/mol. The van der Waals surface area contributed by atoms with Crippen molar-refractivity contribution >= 4 is 21.9 Å². The van der Waals surface area contributed by atoms with Gasteiger partial charge in [-0.15, -0.1) is 0 Å². The minimum Gasteiger partial charge on any atom is -0.455 e. The smallest absolute Gasteiger partial charge is 0.321 e. The fourth-order valence-electron chi connectivity index (χ4n) is 2.10.